The molecule has 0 saturated carbocycles. The SMILES string of the molecule is CCOc1cc(NC(=O)[C@@H]2CCCCN2)ccc1OC. The lowest BCUT2D eigenvalue weighted by Crippen LogP contribution is -2.43. The summed E-state index contributed by atoms with van der Waals surface area (Å²) in [4.78, 5) is 12.1. The molecule has 0 aliphatic carbocycles. The van der Waals surface area contributed by atoms with E-state index in [1.807, 2.05) is 13.0 Å². The number of ether oxygens (including phenoxy) is 2. The molecule has 1 aliphatic rings. The molecule has 1 amide bonds. The number of carbonyl (C=O) groups excluding carboxylic acids is 1. The predicted molar refractivity (Wildman–Crippen MR) is 78.4 cm³/mol. The molecule has 1 atom stereocenters. The first-order chi connectivity index (χ1) is 9.74. The van der Waals surface area contributed by atoms with Gasteiger partial charge in [0.05, 0.1) is 19.8 Å². The molecule has 1 fully saturated rings. The Labute approximate surface area is 119 Å². The zero-order valence-electron chi connectivity index (χ0n) is 12.1. The number of piperidine rings is 1. The lowest BCUT2D eigenvalue weighted by Gasteiger charge is -2.22. The smallest absolute Gasteiger partial charge is 0.241 e. The van der Waals surface area contributed by atoms with Gasteiger partial charge in [-0.1, -0.05) is 6.42 Å². The van der Waals surface area contributed by atoms with E-state index in [1.165, 1.54) is 0 Å². The van der Waals surface area contributed by atoms with Crippen LogP contribution in [0.15, 0.2) is 18.2 Å². The third-order valence-corrected chi connectivity index (χ3v) is 3.36. The maximum atomic E-state index is 12.1. The molecule has 0 radical (unpaired) electrons. The topological polar surface area (TPSA) is 59.6 Å². The number of hydrogen-bond acceptors (Lipinski definition) is 4. The van der Waals surface area contributed by atoms with Crippen LogP contribution in [0.25, 0.3) is 0 Å². The standard InChI is InChI=1S/C15H22N2O3/c1-3-20-14-10-11(7-8-13(14)19-2)17-15(18)12-6-4-5-9-16-12/h7-8,10,12,16H,3-6,9H2,1-2H3,(H,17,18)/t12-/m0/s1. The number of anilines is 1. The van der Waals surface area contributed by atoms with Gasteiger partial charge >= 0.3 is 0 Å². The fourth-order valence-electron chi connectivity index (χ4n) is 2.33. The molecule has 0 bridgehead atoms. The molecule has 110 valence electrons. The number of benzene rings is 1. The molecule has 0 unspecified atom stereocenters. The molecule has 20 heavy (non-hydrogen) atoms. The molecule has 5 heteroatoms. The number of rotatable bonds is 5. The van der Waals surface area contributed by atoms with E-state index in [1.54, 1.807) is 19.2 Å². The lowest BCUT2D eigenvalue weighted by molar-refractivity contribution is -0.118. The lowest BCUT2D eigenvalue weighted by atomic mass is 10.0. The maximum Gasteiger partial charge on any atom is 0.241 e. The molecule has 2 N–H and O–H groups in total. The quantitative estimate of drug-likeness (QED) is 0.866. The Hall–Kier alpha value is -1.75. The summed E-state index contributed by atoms with van der Waals surface area (Å²) in [5, 5.41) is 6.16. The van der Waals surface area contributed by atoms with Crippen molar-refractivity contribution >= 4 is 11.6 Å². The van der Waals surface area contributed by atoms with E-state index in [-0.39, 0.29) is 11.9 Å². The van der Waals surface area contributed by atoms with Crippen molar-refractivity contribution in [2.75, 3.05) is 25.6 Å². The third kappa shape index (κ3) is 3.63. The second-order valence-corrected chi connectivity index (χ2v) is 4.79. The van der Waals surface area contributed by atoms with Crippen molar-refractivity contribution < 1.29 is 14.3 Å². The van der Waals surface area contributed by atoms with Gasteiger partial charge in [-0.05, 0) is 38.4 Å². The van der Waals surface area contributed by atoms with Gasteiger partial charge in [-0.2, -0.15) is 0 Å². The summed E-state index contributed by atoms with van der Waals surface area (Å²) in [6.45, 7) is 3.37. The van der Waals surface area contributed by atoms with Gasteiger partial charge < -0.3 is 20.1 Å². The second kappa shape index (κ2) is 7.14. The zero-order valence-corrected chi connectivity index (χ0v) is 12.1. The van der Waals surface area contributed by atoms with Crippen molar-refractivity contribution in [3.05, 3.63) is 18.2 Å². The van der Waals surface area contributed by atoms with Crippen LogP contribution in [0.2, 0.25) is 0 Å². The van der Waals surface area contributed by atoms with Gasteiger partial charge in [-0.3, -0.25) is 4.79 Å². The molecule has 5 nitrogen and oxygen atoms in total. The van der Waals surface area contributed by atoms with E-state index in [0.29, 0.717) is 18.1 Å². The minimum Gasteiger partial charge on any atom is -0.493 e. The van der Waals surface area contributed by atoms with Crippen molar-refractivity contribution in [2.24, 2.45) is 0 Å². The molecule has 1 aromatic rings. The van der Waals surface area contributed by atoms with Crippen LogP contribution in [0.1, 0.15) is 26.2 Å². The highest BCUT2D eigenvalue weighted by molar-refractivity contribution is 5.95. The summed E-state index contributed by atoms with van der Waals surface area (Å²) in [6, 6.07) is 5.32. The van der Waals surface area contributed by atoms with Gasteiger partial charge in [-0.15, -0.1) is 0 Å². The van der Waals surface area contributed by atoms with Crippen molar-refractivity contribution in [1.29, 1.82) is 0 Å². The monoisotopic (exact) mass is 278 g/mol. The zero-order chi connectivity index (χ0) is 14.4. The molecule has 1 heterocycles. The number of carbonyl (C=O) groups is 1. The highest BCUT2D eigenvalue weighted by atomic mass is 16.5. The van der Waals surface area contributed by atoms with E-state index >= 15 is 0 Å². The summed E-state index contributed by atoms with van der Waals surface area (Å²) >= 11 is 0. The summed E-state index contributed by atoms with van der Waals surface area (Å²) in [7, 11) is 1.60. The van der Waals surface area contributed by atoms with Crippen LogP contribution < -0.4 is 20.1 Å². The third-order valence-electron chi connectivity index (χ3n) is 3.36. The van der Waals surface area contributed by atoms with Gasteiger partial charge in [0.1, 0.15) is 0 Å². The molecular weight excluding hydrogens is 256 g/mol. The normalized spacial score (nSPS) is 18.4. The Kier molecular flexibility index (Phi) is 5.24. The van der Waals surface area contributed by atoms with Crippen LogP contribution in [0, 0.1) is 0 Å². The van der Waals surface area contributed by atoms with Gasteiger partial charge in [0.2, 0.25) is 5.91 Å². The predicted octanol–water partition coefficient (Wildman–Crippen LogP) is 2.17. The van der Waals surface area contributed by atoms with Crippen molar-refractivity contribution in [1.82, 2.24) is 5.32 Å². The second-order valence-electron chi connectivity index (χ2n) is 4.79. The Balaban J connectivity index is 2.04. The van der Waals surface area contributed by atoms with Gasteiger partial charge in [0, 0.05) is 11.8 Å². The molecule has 0 aromatic heterocycles. The van der Waals surface area contributed by atoms with E-state index in [4.69, 9.17) is 9.47 Å². The fourth-order valence-corrected chi connectivity index (χ4v) is 2.33. The molecule has 0 spiro atoms. The molecular formula is C15H22N2O3. The maximum absolute atomic E-state index is 12.1. The largest absolute Gasteiger partial charge is 0.493 e. The highest BCUT2D eigenvalue weighted by Gasteiger charge is 2.20. The fraction of sp³-hybridized carbons (Fsp3) is 0.533. The molecule has 1 aliphatic heterocycles. The van der Waals surface area contributed by atoms with E-state index in [2.05, 4.69) is 10.6 Å². The first kappa shape index (κ1) is 14.7. The van der Waals surface area contributed by atoms with Crippen molar-refractivity contribution in [3.63, 3.8) is 0 Å². The summed E-state index contributed by atoms with van der Waals surface area (Å²) in [5.74, 6) is 1.32. The number of methoxy groups -OCH3 is 1. The minimum absolute atomic E-state index is 0.0114. The Morgan fingerprint density at radius 1 is 1.40 bits per heavy atom. The van der Waals surface area contributed by atoms with Crippen molar-refractivity contribution in [3.8, 4) is 11.5 Å². The number of hydrogen-bond donors (Lipinski definition) is 2. The first-order valence-electron chi connectivity index (χ1n) is 7.09. The number of nitrogens with one attached hydrogen (secondary N) is 2. The van der Waals surface area contributed by atoms with Crippen LogP contribution >= 0.6 is 0 Å². The van der Waals surface area contributed by atoms with Gasteiger partial charge in [0.15, 0.2) is 11.5 Å². The summed E-state index contributed by atoms with van der Waals surface area (Å²) in [5.41, 5.74) is 0.728. The summed E-state index contributed by atoms with van der Waals surface area (Å²) in [6.07, 6.45) is 3.12. The molecule has 1 saturated heterocycles. The van der Waals surface area contributed by atoms with E-state index in [9.17, 15) is 4.79 Å². The summed E-state index contributed by atoms with van der Waals surface area (Å²) < 4.78 is 10.7. The van der Waals surface area contributed by atoms with Gasteiger partial charge in [-0.25, -0.2) is 0 Å². The average Bonchev–Trinajstić information content (AvgIpc) is 2.49. The van der Waals surface area contributed by atoms with Crippen LogP contribution in [0.4, 0.5) is 5.69 Å². The number of amides is 1. The van der Waals surface area contributed by atoms with Crippen LogP contribution in [0.5, 0.6) is 11.5 Å². The van der Waals surface area contributed by atoms with Crippen molar-refractivity contribution in [2.45, 2.75) is 32.2 Å². The van der Waals surface area contributed by atoms with Crippen LogP contribution in [-0.4, -0.2) is 32.2 Å². The van der Waals surface area contributed by atoms with Crippen LogP contribution in [0.3, 0.4) is 0 Å². The molecule has 2 rings (SSSR count). The minimum atomic E-state index is -0.0959. The Morgan fingerprint density at radius 3 is 2.90 bits per heavy atom. The van der Waals surface area contributed by atoms with E-state index in [0.717, 1.165) is 31.5 Å². The Morgan fingerprint density at radius 2 is 2.25 bits per heavy atom. The average molecular weight is 278 g/mol. The Bertz CT molecular complexity index is 456. The van der Waals surface area contributed by atoms with Crippen LogP contribution in [-0.2, 0) is 4.79 Å². The molecule has 1 aromatic carbocycles. The highest BCUT2D eigenvalue weighted by Crippen LogP contribution is 2.30. The van der Waals surface area contributed by atoms with E-state index < -0.39 is 0 Å². The first-order valence-corrected chi connectivity index (χ1v) is 7.09. The van der Waals surface area contributed by atoms with Gasteiger partial charge in [0.25, 0.3) is 0 Å².